The van der Waals surface area contributed by atoms with Gasteiger partial charge in [0.1, 0.15) is 0 Å². The fourth-order valence-electron chi connectivity index (χ4n) is 2.41. The van der Waals surface area contributed by atoms with Crippen LogP contribution < -0.4 is 19.7 Å². The van der Waals surface area contributed by atoms with Crippen molar-refractivity contribution in [2.45, 2.75) is 6.42 Å². The lowest BCUT2D eigenvalue weighted by Crippen LogP contribution is -2.31. The Balaban J connectivity index is 1.70. The average Bonchev–Trinajstić information content (AvgIpc) is 2.69. The molecule has 0 aromatic heterocycles. The van der Waals surface area contributed by atoms with Crippen molar-refractivity contribution >= 4 is 11.6 Å². The lowest BCUT2D eigenvalue weighted by molar-refractivity contribution is -0.123. The number of carbonyl (C=O) groups is 1. The summed E-state index contributed by atoms with van der Waals surface area (Å²) in [5, 5.41) is 11.7. The van der Waals surface area contributed by atoms with Gasteiger partial charge in [0.25, 0.3) is 5.91 Å². The zero-order chi connectivity index (χ0) is 18.8. The molecule has 136 valence electrons. The number of anilines is 1. The minimum Gasteiger partial charge on any atom is -0.493 e. The summed E-state index contributed by atoms with van der Waals surface area (Å²) >= 11 is 0. The standard InChI is InChI=1S/C20H23N3O3/c1-23(17-7-4-3-5-8-17)12-6-11-22-20(24)15-26-18-10-9-16(14-21)13-19(18)25-2/h3-5,7-10,13H,6,11-12,15H2,1-2H3,(H,22,24). The monoisotopic (exact) mass is 353 g/mol. The summed E-state index contributed by atoms with van der Waals surface area (Å²) in [7, 11) is 3.52. The summed E-state index contributed by atoms with van der Waals surface area (Å²) < 4.78 is 10.7. The van der Waals surface area contributed by atoms with Gasteiger partial charge >= 0.3 is 0 Å². The highest BCUT2D eigenvalue weighted by molar-refractivity contribution is 5.77. The van der Waals surface area contributed by atoms with Crippen molar-refractivity contribution in [2.75, 3.05) is 38.8 Å². The summed E-state index contributed by atoms with van der Waals surface area (Å²) in [6.45, 7) is 1.31. The number of carbonyl (C=O) groups excluding carboxylic acids is 1. The smallest absolute Gasteiger partial charge is 0.257 e. The number of nitrogens with zero attached hydrogens (tertiary/aromatic N) is 2. The summed E-state index contributed by atoms with van der Waals surface area (Å²) in [4.78, 5) is 14.1. The molecule has 1 amide bonds. The van der Waals surface area contributed by atoms with Crippen LogP contribution in [0.15, 0.2) is 48.5 Å². The van der Waals surface area contributed by atoms with Crippen LogP contribution in [-0.4, -0.2) is 39.8 Å². The predicted molar refractivity (Wildman–Crippen MR) is 101 cm³/mol. The molecule has 0 spiro atoms. The molecular formula is C20H23N3O3. The Morgan fingerprint density at radius 2 is 1.96 bits per heavy atom. The quantitative estimate of drug-likeness (QED) is 0.702. The molecule has 0 aliphatic carbocycles. The molecule has 1 N–H and O–H groups in total. The number of nitrogens with one attached hydrogen (secondary N) is 1. The second-order valence-electron chi connectivity index (χ2n) is 5.73. The number of nitriles is 1. The van der Waals surface area contributed by atoms with Gasteiger partial charge in [0, 0.05) is 31.9 Å². The zero-order valence-corrected chi connectivity index (χ0v) is 15.1. The highest BCUT2D eigenvalue weighted by atomic mass is 16.5. The maximum absolute atomic E-state index is 11.9. The maximum atomic E-state index is 11.9. The van der Waals surface area contributed by atoms with Gasteiger partial charge < -0.3 is 19.7 Å². The third kappa shape index (κ3) is 5.71. The fourth-order valence-corrected chi connectivity index (χ4v) is 2.41. The zero-order valence-electron chi connectivity index (χ0n) is 15.1. The molecule has 0 bridgehead atoms. The number of benzene rings is 2. The highest BCUT2D eigenvalue weighted by Crippen LogP contribution is 2.27. The third-order valence-corrected chi connectivity index (χ3v) is 3.84. The molecule has 0 saturated heterocycles. The average molecular weight is 353 g/mol. The molecule has 2 aromatic carbocycles. The van der Waals surface area contributed by atoms with E-state index in [0.29, 0.717) is 23.6 Å². The van der Waals surface area contributed by atoms with Crippen molar-refractivity contribution in [1.29, 1.82) is 5.26 Å². The largest absolute Gasteiger partial charge is 0.493 e. The van der Waals surface area contributed by atoms with Gasteiger partial charge in [-0.25, -0.2) is 0 Å². The van der Waals surface area contributed by atoms with E-state index in [4.69, 9.17) is 14.7 Å². The van der Waals surface area contributed by atoms with E-state index < -0.39 is 0 Å². The van der Waals surface area contributed by atoms with E-state index in [1.165, 1.54) is 7.11 Å². The molecule has 0 heterocycles. The van der Waals surface area contributed by atoms with Gasteiger partial charge in [-0.3, -0.25) is 4.79 Å². The molecule has 6 heteroatoms. The van der Waals surface area contributed by atoms with Gasteiger partial charge in [0.15, 0.2) is 18.1 Å². The minimum atomic E-state index is -0.196. The van der Waals surface area contributed by atoms with Gasteiger partial charge in [-0.2, -0.15) is 5.26 Å². The molecule has 2 rings (SSSR count). The maximum Gasteiger partial charge on any atom is 0.257 e. The summed E-state index contributed by atoms with van der Waals surface area (Å²) in [5.41, 5.74) is 1.62. The normalized spacial score (nSPS) is 9.88. The first-order valence-electron chi connectivity index (χ1n) is 8.38. The van der Waals surface area contributed by atoms with E-state index in [9.17, 15) is 4.79 Å². The summed E-state index contributed by atoms with van der Waals surface area (Å²) in [5.74, 6) is 0.672. The molecule has 0 radical (unpaired) electrons. The van der Waals surface area contributed by atoms with E-state index >= 15 is 0 Å². The van der Waals surface area contributed by atoms with E-state index in [2.05, 4.69) is 22.3 Å². The van der Waals surface area contributed by atoms with Crippen LogP contribution in [0.4, 0.5) is 5.69 Å². The van der Waals surface area contributed by atoms with Crippen LogP contribution in [0.25, 0.3) is 0 Å². The Bertz CT molecular complexity index is 757. The van der Waals surface area contributed by atoms with Crippen LogP contribution in [0.5, 0.6) is 11.5 Å². The van der Waals surface area contributed by atoms with Crippen molar-refractivity contribution in [3.05, 3.63) is 54.1 Å². The van der Waals surface area contributed by atoms with Crippen LogP contribution >= 0.6 is 0 Å². The van der Waals surface area contributed by atoms with Gasteiger partial charge in [0.2, 0.25) is 0 Å². The van der Waals surface area contributed by atoms with Crippen LogP contribution in [0.1, 0.15) is 12.0 Å². The Hall–Kier alpha value is -3.20. The van der Waals surface area contributed by atoms with Crippen LogP contribution in [0, 0.1) is 11.3 Å². The summed E-state index contributed by atoms with van der Waals surface area (Å²) in [6.07, 6.45) is 0.831. The van der Waals surface area contributed by atoms with E-state index in [1.807, 2.05) is 31.3 Å². The molecule has 0 saturated carbocycles. The Kier molecular flexibility index (Phi) is 7.31. The first kappa shape index (κ1) is 19.1. The predicted octanol–water partition coefficient (Wildman–Crippen LogP) is 2.59. The van der Waals surface area contributed by atoms with E-state index in [1.54, 1.807) is 18.2 Å². The number of ether oxygens (including phenoxy) is 2. The topological polar surface area (TPSA) is 74.6 Å². The Labute approximate surface area is 153 Å². The molecule has 0 fully saturated rings. The first-order valence-corrected chi connectivity index (χ1v) is 8.38. The van der Waals surface area contributed by atoms with Crippen LogP contribution in [-0.2, 0) is 4.79 Å². The van der Waals surface area contributed by atoms with Gasteiger partial charge in [-0.15, -0.1) is 0 Å². The highest BCUT2D eigenvalue weighted by Gasteiger charge is 2.08. The Morgan fingerprint density at radius 1 is 1.19 bits per heavy atom. The van der Waals surface area contributed by atoms with E-state index in [0.717, 1.165) is 18.7 Å². The second kappa shape index (κ2) is 9.94. The molecule has 0 aliphatic heterocycles. The lowest BCUT2D eigenvalue weighted by atomic mass is 10.2. The van der Waals surface area contributed by atoms with Gasteiger partial charge in [-0.1, -0.05) is 18.2 Å². The SMILES string of the molecule is COc1cc(C#N)ccc1OCC(=O)NCCCN(C)c1ccccc1. The van der Waals surface area contributed by atoms with Crippen molar-refractivity contribution in [3.8, 4) is 17.6 Å². The second-order valence-corrected chi connectivity index (χ2v) is 5.73. The third-order valence-electron chi connectivity index (χ3n) is 3.84. The van der Waals surface area contributed by atoms with Crippen LogP contribution in [0.2, 0.25) is 0 Å². The number of hydrogen-bond acceptors (Lipinski definition) is 5. The van der Waals surface area contributed by atoms with Crippen molar-refractivity contribution in [3.63, 3.8) is 0 Å². The fraction of sp³-hybridized carbons (Fsp3) is 0.300. The molecule has 0 aliphatic rings. The summed E-state index contributed by atoms with van der Waals surface area (Å²) in [6, 6.07) is 16.9. The van der Waals surface area contributed by atoms with Crippen LogP contribution in [0.3, 0.4) is 0 Å². The molecular weight excluding hydrogens is 330 g/mol. The number of para-hydroxylation sites is 1. The molecule has 0 atom stereocenters. The van der Waals surface area contributed by atoms with Crippen molar-refractivity contribution < 1.29 is 14.3 Å². The lowest BCUT2D eigenvalue weighted by Gasteiger charge is -2.19. The number of amides is 1. The van der Waals surface area contributed by atoms with Gasteiger partial charge in [-0.05, 0) is 30.7 Å². The van der Waals surface area contributed by atoms with Gasteiger partial charge in [0.05, 0.1) is 18.7 Å². The molecule has 0 unspecified atom stereocenters. The molecule has 26 heavy (non-hydrogen) atoms. The van der Waals surface area contributed by atoms with E-state index in [-0.39, 0.29) is 12.5 Å². The first-order chi connectivity index (χ1) is 12.6. The Morgan fingerprint density at radius 3 is 2.65 bits per heavy atom. The molecule has 2 aromatic rings. The molecule has 6 nitrogen and oxygen atoms in total. The minimum absolute atomic E-state index is 0.100. The van der Waals surface area contributed by atoms with Crippen molar-refractivity contribution in [1.82, 2.24) is 5.32 Å². The number of rotatable bonds is 9. The number of hydrogen-bond donors (Lipinski definition) is 1. The number of methoxy groups -OCH3 is 1. The van der Waals surface area contributed by atoms with Crippen molar-refractivity contribution in [2.24, 2.45) is 0 Å².